The van der Waals surface area contributed by atoms with Gasteiger partial charge in [0.05, 0.1) is 10.1 Å². The minimum atomic E-state index is -1.31. The lowest BCUT2D eigenvalue weighted by Crippen LogP contribution is -2.18. The van der Waals surface area contributed by atoms with Crippen molar-refractivity contribution in [1.29, 1.82) is 0 Å². The molecule has 1 aromatic carbocycles. The molecular formula is C9H9BrF2O. The van der Waals surface area contributed by atoms with Crippen molar-refractivity contribution in [3.05, 3.63) is 33.8 Å². The van der Waals surface area contributed by atoms with Crippen molar-refractivity contribution in [2.45, 2.75) is 19.4 Å². The quantitative estimate of drug-likeness (QED) is 0.761. The second-order valence-electron chi connectivity index (χ2n) is 3.28. The number of rotatable bonds is 1. The molecule has 1 N–H and O–H groups in total. The minimum absolute atomic E-state index is 0.0702. The maximum absolute atomic E-state index is 13.3. The second-order valence-corrected chi connectivity index (χ2v) is 4.07. The third-order valence-corrected chi connectivity index (χ3v) is 2.42. The Morgan fingerprint density at radius 3 is 2.31 bits per heavy atom. The maximum atomic E-state index is 13.3. The summed E-state index contributed by atoms with van der Waals surface area (Å²) in [4.78, 5) is 0. The molecular weight excluding hydrogens is 242 g/mol. The van der Waals surface area contributed by atoms with E-state index < -0.39 is 17.2 Å². The molecule has 0 saturated heterocycles. The lowest BCUT2D eigenvalue weighted by atomic mass is 9.98. The Balaban J connectivity index is 3.35. The summed E-state index contributed by atoms with van der Waals surface area (Å²) in [5, 5.41) is 9.50. The second kappa shape index (κ2) is 3.35. The molecule has 0 saturated carbocycles. The first-order valence-corrected chi connectivity index (χ1v) is 4.49. The smallest absolute Gasteiger partial charge is 0.146 e. The fourth-order valence-electron chi connectivity index (χ4n) is 0.998. The minimum Gasteiger partial charge on any atom is -0.386 e. The predicted molar refractivity (Wildman–Crippen MR) is 49.3 cm³/mol. The monoisotopic (exact) mass is 250 g/mol. The lowest BCUT2D eigenvalue weighted by Gasteiger charge is -2.18. The Bertz CT molecular complexity index is 331. The molecule has 1 aromatic rings. The van der Waals surface area contributed by atoms with E-state index in [9.17, 15) is 13.9 Å². The number of hydrogen-bond acceptors (Lipinski definition) is 1. The number of benzene rings is 1. The molecule has 0 aromatic heterocycles. The van der Waals surface area contributed by atoms with Crippen LogP contribution in [0.15, 0.2) is 16.6 Å². The molecule has 0 aliphatic rings. The Morgan fingerprint density at radius 2 is 1.85 bits per heavy atom. The molecule has 0 spiro atoms. The van der Waals surface area contributed by atoms with Crippen molar-refractivity contribution >= 4 is 15.9 Å². The van der Waals surface area contributed by atoms with E-state index in [4.69, 9.17) is 0 Å². The van der Waals surface area contributed by atoms with Crippen LogP contribution in [-0.2, 0) is 5.60 Å². The molecule has 0 radical (unpaired) electrons. The molecule has 72 valence electrons. The highest BCUT2D eigenvalue weighted by Crippen LogP contribution is 2.29. The van der Waals surface area contributed by atoms with Gasteiger partial charge in [-0.3, -0.25) is 0 Å². The van der Waals surface area contributed by atoms with Crippen LogP contribution in [0, 0.1) is 11.6 Å². The molecule has 0 atom stereocenters. The van der Waals surface area contributed by atoms with E-state index >= 15 is 0 Å². The van der Waals surface area contributed by atoms with E-state index in [1.807, 2.05) is 0 Å². The molecule has 1 nitrogen and oxygen atoms in total. The molecule has 0 amide bonds. The van der Waals surface area contributed by atoms with Crippen molar-refractivity contribution in [3.8, 4) is 0 Å². The van der Waals surface area contributed by atoms with Crippen LogP contribution in [-0.4, -0.2) is 5.11 Å². The van der Waals surface area contributed by atoms with E-state index in [0.717, 1.165) is 6.07 Å². The van der Waals surface area contributed by atoms with Gasteiger partial charge in [-0.25, -0.2) is 8.78 Å². The van der Waals surface area contributed by atoms with Crippen molar-refractivity contribution < 1.29 is 13.9 Å². The van der Waals surface area contributed by atoms with E-state index in [-0.39, 0.29) is 10.0 Å². The third kappa shape index (κ3) is 2.06. The molecule has 0 bridgehead atoms. The van der Waals surface area contributed by atoms with Crippen LogP contribution in [0.4, 0.5) is 8.78 Å². The zero-order valence-electron chi connectivity index (χ0n) is 7.24. The zero-order valence-corrected chi connectivity index (χ0v) is 8.82. The molecule has 1 rings (SSSR count). The summed E-state index contributed by atoms with van der Waals surface area (Å²) in [5.74, 6) is -1.43. The average molecular weight is 251 g/mol. The molecule has 0 heterocycles. The molecule has 13 heavy (non-hydrogen) atoms. The summed E-state index contributed by atoms with van der Waals surface area (Å²) in [6.07, 6.45) is 0. The summed E-state index contributed by atoms with van der Waals surface area (Å²) in [5.41, 5.74) is -1.24. The van der Waals surface area contributed by atoms with E-state index in [2.05, 4.69) is 15.9 Å². The first-order valence-electron chi connectivity index (χ1n) is 3.70. The first-order chi connectivity index (χ1) is 5.84. The summed E-state index contributed by atoms with van der Waals surface area (Å²) in [6, 6.07) is 2.34. The average Bonchev–Trinajstić information content (AvgIpc) is 1.98. The van der Waals surface area contributed by atoms with Crippen LogP contribution in [0.25, 0.3) is 0 Å². The van der Waals surface area contributed by atoms with Gasteiger partial charge in [0.25, 0.3) is 0 Å². The summed E-state index contributed by atoms with van der Waals surface area (Å²) in [7, 11) is 0. The molecule has 4 heteroatoms. The molecule has 0 unspecified atom stereocenters. The normalized spacial score (nSPS) is 11.8. The fraction of sp³-hybridized carbons (Fsp3) is 0.333. The molecule has 0 aliphatic heterocycles. The fourth-order valence-corrected chi connectivity index (χ4v) is 1.34. The van der Waals surface area contributed by atoms with Gasteiger partial charge in [-0.2, -0.15) is 0 Å². The summed E-state index contributed by atoms with van der Waals surface area (Å²) in [6.45, 7) is 2.88. The van der Waals surface area contributed by atoms with Crippen molar-refractivity contribution in [2.24, 2.45) is 0 Å². The van der Waals surface area contributed by atoms with Gasteiger partial charge in [0.15, 0.2) is 0 Å². The van der Waals surface area contributed by atoms with Crippen LogP contribution in [0.1, 0.15) is 19.4 Å². The van der Waals surface area contributed by atoms with Gasteiger partial charge in [0, 0.05) is 5.56 Å². The Hall–Kier alpha value is -0.480. The SMILES string of the molecule is CC(C)(O)c1ccc(F)c(Br)c1F. The molecule has 0 fully saturated rings. The lowest BCUT2D eigenvalue weighted by molar-refractivity contribution is 0.0742. The first kappa shape index (κ1) is 10.6. The summed E-state index contributed by atoms with van der Waals surface area (Å²) >= 11 is 2.76. The standard InChI is InChI=1S/C9H9BrF2O/c1-9(2,13)5-3-4-6(11)7(10)8(5)12/h3-4,13H,1-2H3. The number of hydrogen-bond donors (Lipinski definition) is 1. The topological polar surface area (TPSA) is 20.2 Å². The Kier molecular flexibility index (Phi) is 2.73. The van der Waals surface area contributed by atoms with Gasteiger partial charge < -0.3 is 5.11 Å². The van der Waals surface area contributed by atoms with Gasteiger partial charge in [0.1, 0.15) is 11.6 Å². The van der Waals surface area contributed by atoms with Crippen LogP contribution in [0.2, 0.25) is 0 Å². The van der Waals surface area contributed by atoms with Crippen LogP contribution < -0.4 is 0 Å². The van der Waals surface area contributed by atoms with Crippen molar-refractivity contribution in [1.82, 2.24) is 0 Å². The van der Waals surface area contributed by atoms with E-state index in [0.29, 0.717) is 0 Å². The largest absolute Gasteiger partial charge is 0.386 e. The highest BCUT2D eigenvalue weighted by Gasteiger charge is 2.23. The third-order valence-electron chi connectivity index (χ3n) is 1.69. The van der Waals surface area contributed by atoms with E-state index in [1.165, 1.54) is 19.9 Å². The van der Waals surface area contributed by atoms with Gasteiger partial charge in [-0.05, 0) is 35.8 Å². The Morgan fingerprint density at radius 1 is 1.31 bits per heavy atom. The van der Waals surface area contributed by atoms with Crippen molar-refractivity contribution in [3.63, 3.8) is 0 Å². The number of aliphatic hydroxyl groups is 1. The number of halogens is 3. The zero-order chi connectivity index (χ0) is 10.2. The van der Waals surface area contributed by atoms with Crippen LogP contribution in [0.3, 0.4) is 0 Å². The maximum Gasteiger partial charge on any atom is 0.146 e. The Labute approximate surface area is 83.5 Å². The molecule has 0 aliphatic carbocycles. The van der Waals surface area contributed by atoms with Gasteiger partial charge in [-0.15, -0.1) is 0 Å². The van der Waals surface area contributed by atoms with Crippen molar-refractivity contribution in [2.75, 3.05) is 0 Å². The van der Waals surface area contributed by atoms with Gasteiger partial charge in [-0.1, -0.05) is 6.07 Å². The summed E-state index contributed by atoms with van der Waals surface area (Å²) < 4.78 is 25.8. The van der Waals surface area contributed by atoms with Crippen LogP contribution in [0.5, 0.6) is 0 Å². The predicted octanol–water partition coefficient (Wildman–Crippen LogP) is 2.95. The van der Waals surface area contributed by atoms with E-state index in [1.54, 1.807) is 0 Å². The van der Waals surface area contributed by atoms with Crippen LogP contribution >= 0.6 is 15.9 Å². The van der Waals surface area contributed by atoms with Gasteiger partial charge in [0.2, 0.25) is 0 Å². The highest BCUT2D eigenvalue weighted by atomic mass is 79.9. The van der Waals surface area contributed by atoms with Gasteiger partial charge >= 0.3 is 0 Å². The highest BCUT2D eigenvalue weighted by molar-refractivity contribution is 9.10.